The van der Waals surface area contributed by atoms with Gasteiger partial charge in [-0.05, 0) is 31.9 Å². The maximum atomic E-state index is 11.9. The SMILES string of the molecule is CC(=NS(=O)(=O)c1ccc(C)cc1)C(C)C. The summed E-state index contributed by atoms with van der Waals surface area (Å²) >= 11 is 0. The number of nitrogens with zero attached hydrogens (tertiary/aromatic N) is 1. The van der Waals surface area contributed by atoms with Gasteiger partial charge in [-0.3, -0.25) is 0 Å². The summed E-state index contributed by atoms with van der Waals surface area (Å²) in [6.45, 7) is 7.49. The molecule has 0 fully saturated rings. The van der Waals surface area contributed by atoms with Crippen molar-refractivity contribution < 1.29 is 8.42 Å². The van der Waals surface area contributed by atoms with Gasteiger partial charge in [0, 0.05) is 5.71 Å². The van der Waals surface area contributed by atoms with Crippen LogP contribution >= 0.6 is 0 Å². The van der Waals surface area contributed by atoms with E-state index in [4.69, 9.17) is 0 Å². The van der Waals surface area contributed by atoms with E-state index in [0.29, 0.717) is 5.71 Å². The first-order valence-electron chi connectivity index (χ1n) is 5.21. The zero-order chi connectivity index (χ0) is 12.3. The van der Waals surface area contributed by atoms with Crippen molar-refractivity contribution in [3.63, 3.8) is 0 Å². The van der Waals surface area contributed by atoms with Crippen molar-refractivity contribution in [1.29, 1.82) is 0 Å². The van der Waals surface area contributed by atoms with Crippen LogP contribution < -0.4 is 0 Å². The van der Waals surface area contributed by atoms with Crippen LogP contribution in [0.15, 0.2) is 33.6 Å². The molecule has 0 radical (unpaired) electrons. The molecule has 1 aromatic rings. The fourth-order valence-corrected chi connectivity index (χ4v) is 2.23. The summed E-state index contributed by atoms with van der Waals surface area (Å²) in [6, 6.07) is 6.71. The topological polar surface area (TPSA) is 46.5 Å². The number of sulfonamides is 1. The highest BCUT2D eigenvalue weighted by molar-refractivity contribution is 7.90. The standard InChI is InChI=1S/C12H17NO2S/c1-9(2)11(4)13-16(14,15)12-7-5-10(3)6-8-12/h5-9H,1-4H3. The Hall–Kier alpha value is -1.16. The fraction of sp³-hybridized carbons (Fsp3) is 0.417. The van der Waals surface area contributed by atoms with Crippen molar-refractivity contribution in [2.24, 2.45) is 10.3 Å². The van der Waals surface area contributed by atoms with Gasteiger partial charge in [-0.2, -0.15) is 12.8 Å². The number of hydrogen-bond donors (Lipinski definition) is 0. The highest BCUT2D eigenvalue weighted by Gasteiger charge is 2.13. The van der Waals surface area contributed by atoms with Crippen molar-refractivity contribution in [2.75, 3.05) is 0 Å². The van der Waals surface area contributed by atoms with Gasteiger partial charge in [0.1, 0.15) is 0 Å². The van der Waals surface area contributed by atoms with Gasteiger partial charge in [-0.1, -0.05) is 31.5 Å². The van der Waals surface area contributed by atoms with Crippen LogP contribution in [0.4, 0.5) is 0 Å². The molecule has 0 N–H and O–H groups in total. The lowest BCUT2D eigenvalue weighted by molar-refractivity contribution is 0.597. The molecular weight excluding hydrogens is 222 g/mol. The summed E-state index contributed by atoms with van der Waals surface area (Å²) in [6.07, 6.45) is 0. The van der Waals surface area contributed by atoms with Crippen LogP contribution in [0.3, 0.4) is 0 Å². The van der Waals surface area contributed by atoms with E-state index in [-0.39, 0.29) is 10.8 Å². The molecule has 0 amide bonds. The quantitative estimate of drug-likeness (QED) is 0.761. The van der Waals surface area contributed by atoms with Crippen LogP contribution in [0.5, 0.6) is 0 Å². The monoisotopic (exact) mass is 239 g/mol. The van der Waals surface area contributed by atoms with Gasteiger partial charge in [0.2, 0.25) is 0 Å². The normalized spacial score (nSPS) is 13.2. The van der Waals surface area contributed by atoms with Crippen molar-refractivity contribution in [3.05, 3.63) is 29.8 Å². The Labute approximate surface area is 97.3 Å². The largest absolute Gasteiger partial charge is 0.282 e. The van der Waals surface area contributed by atoms with E-state index in [1.807, 2.05) is 20.8 Å². The predicted octanol–water partition coefficient (Wildman–Crippen LogP) is 2.80. The average Bonchev–Trinajstić information content (AvgIpc) is 2.17. The third-order valence-corrected chi connectivity index (χ3v) is 3.81. The predicted molar refractivity (Wildman–Crippen MR) is 66.3 cm³/mol. The van der Waals surface area contributed by atoms with Gasteiger partial charge >= 0.3 is 0 Å². The third-order valence-electron chi connectivity index (χ3n) is 2.42. The average molecular weight is 239 g/mol. The molecule has 1 rings (SSSR count). The van der Waals surface area contributed by atoms with Crippen LogP contribution in [-0.4, -0.2) is 14.1 Å². The second kappa shape index (κ2) is 4.78. The lowest BCUT2D eigenvalue weighted by Crippen LogP contribution is -2.07. The van der Waals surface area contributed by atoms with Crippen molar-refractivity contribution in [2.45, 2.75) is 32.6 Å². The van der Waals surface area contributed by atoms with E-state index < -0.39 is 10.0 Å². The van der Waals surface area contributed by atoms with E-state index in [0.717, 1.165) is 5.56 Å². The first-order chi connectivity index (χ1) is 7.33. The molecule has 4 heteroatoms. The van der Waals surface area contributed by atoms with Gasteiger partial charge in [-0.15, -0.1) is 0 Å². The summed E-state index contributed by atoms with van der Waals surface area (Å²) in [5.74, 6) is 0.139. The third kappa shape index (κ3) is 3.17. The van der Waals surface area contributed by atoms with Crippen LogP contribution in [0.1, 0.15) is 26.3 Å². The zero-order valence-corrected chi connectivity index (χ0v) is 10.9. The first kappa shape index (κ1) is 12.9. The number of benzene rings is 1. The van der Waals surface area contributed by atoms with E-state index in [1.165, 1.54) is 0 Å². The molecule has 0 unspecified atom stereocenters. The first-order valence-corrected chi connectivity index (χ1v) is 6.65. The van der Waals surface area contributed by atoms with Crippen LogP contribution in [-0.2, 0) is 10.0 Å². The maximum absolute atomic E-state index is 11.9. The van der Waals surface area contributed by atoms with E-state index >= 15 is 0 Å². The van der Waals surface area contributed by atoms with Gasteiger partial charge < -0.3 is 0 Å². The molecule has 0 aliphatic carbocycles. The minimum atomic E-state index is -3.53. The summed E-state index contributed by atoms with van der Waals surface area (Å²) in [4.78, 5) is 0.248. The van der Waals surface area contributed by atoms with Crippen molar-refractivity contribution >= 4 is 15.7 Å². The Balaban J connectivity index is 3.13. The van der Waals surface area contributed by atoms with Gasteiger partial charge in [0.25, 0.3) is 10.0 Å². The molecule has 0 aliphatic heterocycles. The lowest BCUT2D eigenvalue weighted by Gasteiger charge is -2.04. The van der Waals surface area contributed by atoms with Gasteiger partial charge in [0.15, 0.2) is 0 Å². The summed E-state index contributed by atoms with van der Waals surface area (Å²) < 4.78 is 27.5. The van der Waals surface area contributed by atoms with Crippen molar-refractivity contribution in [1.82, 2.24) is 0 Å². The zero-order valence-electron chi connectivity index (χ0n) is 10.1. The molecule has 0 saturated heterocycles. The molecule has 0 saturated carbocycles. The molecule has 0 aliphatic rings. The lowest BCUT2D eigenvalue weighted by atomic mass is 10.1. The second-order valence-corrected chi connectivity index (χ2v) is 5.78. The number of aryl methyl sites for hydroxylation is 1. The Morgan fingerprint density at radius 3 is 2.12 bits per heavy atom. The Morgan fingerprint density at radius 1 is 1.19 bits per heavy atom. The highest BCUT2D eigenvalue weighted by Crippen LogP contribution is 2.14. The van der Waals surface area contributed by atoms with Crippen LogP contribution in [0.2, 0.25) is 0 Å². The van der Waals surface area contributed by atoms with E-state index in [1.54, 1.807) is 31.2 Å². The summed E-state index contributed by atoms with van der Waals surface area (Å²) in [7, 11) is -3.53. The minimum Gasteiger partial charge on any atom is -0.199 e. The molecule has 0 atom stereocenters. The van der Waals surface area contributed by atoms with Crippen molar-refractivity contribution in [3.8, 4) is 0 Å². The van der Waals surface area contributed by atoms with E-state index in [2.05, 4.69) is 4.40 Å². The minimum absolute atomic E-state index is 0.139. The highest BCUT2D eigenvalue weighted by atomic mass is 32.2. The van der Waals surface area contributed by atoms with E-state index in [9.17, 15) is 8.42 Å². The van der Waals surface area contributed by atoms with Crippen LogP contribution in [0.25, 0.3) is 0 Å². The Morgan fingerprint density at radius 2 is 1.69 bits per heavy atom. The maximum Gasteiger partial charge on any atom is 0.282 e. The molecule has 88 valence electrons. The summed E-state index contributed by atoms with van der Waals surface area (Å²) in [5.41, 5.74) is 1.66. The Kier molecular flexibility index (Phi) is 3.86. The Bertz CT molecular complexity index is 484. The smallest absolute Gasteiger partial charge is 0.199 e. The van der Waals surface area contributed by atoms with Gasteiger partial charge in [-0.25, -0.2) is 0 Å². The van der Waals surface area contributed by atoms with Gasteiger partial charge in [0.05, 0.1) is 4.90 Å². The summed E-state index contributed by atoms with van der Waals surface area (Å²) in [5, 5.41) is 0. The number of rotatable bonds is 3. The fourth-order valence-electron chi connectivity index (χ4n) is 1.06. The molecule has 0 spiro atoms. The molecule has 1 aromatic carbocycles. The molecule has 0 aromatic heterocycles. The second-order valence-electron chi connectivity index (χ2n) is 4.18. The molecule has 0 heterocycles. The molecule has 16 heavy (non-hydrogen) atoms. The number of hydrogen-bond acceptors (Lipinski definition) is 2. The molecular formula is C12H17NO2S. The van der Waals surface area contributed by atoms with Crippen LogP contribution in [0, 0.1) is 12.8 Å². The molecule has 3 nitrogen and oxygen atoms in total. The molecule has 0 bridgehead atoms.